The number of carbonyl (C=O) groups excluding carboxylic acids is 2. The van der Waals surface area contributed by atoms with Gasteiger partial charge in [-0.1, -0.05) is 19.1 Å². The maximum Gasteiger partial charge on any atom is 0.344 e. The summed E-state index contributed by atoms with van der Waals surface area (Å²) in [6.45, 7) is 2.35. The van der Waals surface area contributed by atoms with Crippen molar-refractivity contribution in [3.8, 4) is 5.75 Å². The summed E-state index contributed by atoms with van der Waals surface area (Å²) >= 11 is 0. The lowest BCUT2D eigenvalue weighted by atomic mass is 10.1. The molecule has 1 aliphatic heterocycles. The summed E-state index contributed by atoms with van der Waals surface area (Å²) in [7, 11) is -3.53. The fourth-order valence-corrected chi connectivity index (χ4v) is 4.64. The van der Waals surface area contributed by atoms with Gasteiger partial charge >= 0.3 is 5.97 Å². The van der Waals surface area contributed by atoms with Crippen molar-refractivity contribution in [1.82, 2.24) is 4.31 Å². The van der Waals surface area contributed by atoms with E-state index in [1.165, 1.54) is 28.6 Å². The summed E-state index contributed by atoms with van der Waals surface area (Å²) in [6.07, 6.45) is 2.62. The summed E-state index contributed by atoms with van der Waals surface area (Å²) in [4.78, 5) is 24.2. The molecule has 0 aliphatic carbocycles. The van der Waals surface area contributed by atoms with Crippen LogP contribution in [0, 0.1) is 0 Å². The predicted molar refractivity (Wildman–Crippen MR) is 111 cm³/mol. The van der Waals surface area contributed by atoms with Gasteiger partial charge in [-0.3, -0.25) is 4.79 Å². The van der Waals surface area contributed by atoms with E-state index in [1.54, 1.807) is 12.1 Å². The molecule has 1 fully saturated rings. The smallest absolute Gasteiger partial charge is 0.344 e. The maximum atomic E-state index is 12.5. The van der Waals surface area contributed by atoms with Gasteiger partial charge in [-0.15, -0.1) is 0 Å². The zero-order valence-electron chi connectivity index (χ0n) is 16.9. The minimum Gasteiger partial charge on any atom is -0.482 e. The Bertz CT molecular complexity index is 977. The number of rotatable bonds is 9. The topological polar surface area (TPSA) is 90.0 Å². The van der Waals surface area contributed by atoms with Gasteiger partial charge in [0.1, 0.15) is 5.75 Å². The van der Waals surface area contributed by atoms with Gasteiger partial charge in [0, 0.05) is 18.7 Å². The largest absolute Gasteiger partial charge is 0.482 e. The third kappa shape index (κ3) is 5.46. The third-order valence-electron chi connectivity index (χ3n) is 4.93. The molecular formula is C22H25NO6S. The van der Waals surface area contributed by atoms with Gasteiger partial charge in [0.2, 0.25) is 10.0 Å². The standard InChI is InChI=1S/C22H25NO6S/c1-2-17-5-9-19(10-6-17)28-16-22(25)29-15-21(24)18-7-11-20(12-8-18)30(26,27)23-13-3-4-14-23/h5-12H,2-4,13-16H2,1H3. The van der Waals surface area contributed by atoms with E-state index < -0.39 is 28.4 Å². The molecule has 1 saturated heterocycles. The Morgan fingerprint density at radius 1 is 0.933 bits per heavy atom. The van der Waals surface area contributed by atoms with E-state index in [0.717, 1.165) is 24.8 Å². The molecule has 1 heterocycles. The first-order valence-electron chi connectivity index (χ1n) is 9.91. The lowest BCUT2D eigenvalue weighted by Gasteiger charge is -2.15. The van der Waals surface area contributed by atoms with Gasteiger partial charge in [-0.2, -0.15) is 4.31 Å². The van der Waals surface area contributed by atoms with Crippen LogP contribution in [0.15, 0.2) is 53.4 Å². The molecular weight excluding hydrogens is 406 g/mol. The van der Waals surface area contributed by atoms with Crippen molar-refractivity contribution in [2.75, 3.05) is 26.3 Å². The molecule has 0 aromatic heterocycles. The summed E-state index contributed by atoms with van der Waals surface area (Å²) in [5.41, 5.74) is 1.44. The Kier molecular flexibility index (Phi) is 7.23. The van der Waals surface area contributed by atoms with Crippen LogP contribution in [-0.4, -0.2) is 50.8 Å². The van der Waals surface area contributed by atoms with Crippen LogP contribution in [-0.2, 0) is 26.0 Å². The fraction of sp³-hybridized carbons (Fsp3) is 0.364. The number of hydrogen-bond acceptors (Lipinski definition) is 6. The summed E-state index contributed by atoms with van der Waals surface area (Å²) < 4.78 is 36.8. The summed E-state index contributed by atoms with van der Waals surface area (Å²) in [5.74, 6) is -0.526. The molecule has 2 aromatic rings. The van der Waals surface area contributed by atoms with Crippen LogP contribution in [0.2, 0.25) is 0 Å². The van der Waals surface area contributed by atoms with Crippen molar-refractivity contribution in [3.05, 3.63) is 59.7 Å². The Labute approximate surface area is 176 Å². The monoisotopic (exact) mass is 431 g/mol. The van der Waals surface area contributed by atoms with E-state index in [4.69, 9.17) is 9.47 Å². The molecule has 8 heteroatoms. The number of ether oxygens (including phenoxy) is 2. The van der Waals surface area contributed by atoms with E-state index in [9.17, 15) is 18.0 Å². The number of ketones is 1. The number of carbonyl (C=O) groups is 2. The first-order chi connectivity index (χ1) is 14.4. The number of sulfonamides is 1. The van der Waals surface area contributed by atoms with Crippen LogP contribution in [0.4, 0.5) is 0 Å². The Balaban J connectivity index is 1.48. The van der Waals surface area contributed by atoms with Gasteiger partial charge in [-0.05, 0) is 61.2 Å². The van der Waals surface area contributed by atoms with Gasteiger partial charge in [0.15, 0.2) is 19.0 Å². The molecule has 7 nitrogen and oxygen atoms in total. The third-order valence-corrected chi connectivity index (χ3v) is 6.84. The van der Waals surface area contributed by atoms with E-state index in [-0.39, 0.29) is 17.1 Å². The number of aryl methyl sites for hydroxylation is 1. The molecule has 30 heavy (non-hydrogen) atoms. The highest BCUT2D eigenvalue weighted by molar-refractivity contribution is 7.89. The zero-order valence-corrected chi connectivity index (χ0v) is 17.7. The van der Waals surface area contributed by atoms with Crippen LogP contribution in [0.3, 0.4) is 0 Å². The second-order valence-corrected chi connectivity index (χ2v) is 8.94. The molecule has 0 radical (unpaired) electrons. The second kappa shape index (κ2) is 9.86. The van der Waals surface area contributed by atoms with Crippen LogP contribution < -0.4 is 4.74 Å². The molecule has 160 valence electrons. The Morgan fingerprint density at radius 2 is 1.57 bits per heavy atom. The number of benzene rings is 2. The normalized spacial score (nSPS) is 14.4. The highest BCUT2D eigenvalue weighted by Gasteiger charge is 2.27. The van der Waals surface area contributed by atoms with E-state index in [0.29, 0.717) is 18.8 Å². The van der Waals surface area contributed by atoms with Gasteiger partial charge < -0.3 is 9.47 Å². The quantitative estimate of drug-likeness (QED) is 0.448. The highest BCUT2D eigenvalue weighted by atomic mass is 32.2. The average molecular weight is 432 g/mol. The molecule has 0 amide bonds. The van der Waals surface area contributed by atoms with Gasteiger partial charge in [0.05, 0.1) is 4.90 Å². The van der Waals surface area contributed by atoms with Gasteiger partial charge in [-0.25, -0.2) is 13.2 Å². The van der Waals surface area contributed by atoms with Crippen molar-refractivity contribution in [2.45, 2.75) is 31.1 Å². The highest BCUT2D eigenvalue weighted by Crippen LogP contribution is 2.21. The number of Topliss-reactive ketones (excluding diaryl/α,β-unsaturated/α-hetero) is 1. The number of hydrogen-bond donors (Lipinski definition) is 0. The van der Waals surface area contributed by atoms with Crippen molar-refractivity contribution in [2.24, 2.45) is 0 Å². The van der Waals surface area contributed by atoms with Crippen molar-refractivity contribution in [1.29, 1.82) is 0 Å². The SMILES string of the molecule is CCc1ccc(OCC(=O)OCC(=O)c2ccc(S(=O)(=O)N3CCCC3)cc2)cc1. The van der Waals surface area contributed by atoms with E-state index >= 15 is 0 Å². The molecule has 3 rings (SSSR count). The molecule has 1 aliphatic rings. The molecule has 0 saturated carbocycles. The zero-order chi connectivity index (χ0) is 21.6. The Hall–Kier alpha value is -2.71. The van der Waals surface area contributed by atoms with Crippen molar-refractivity contribution < 1.29 is 27.5 Å². The number of esters is 1. The van der Waals surface area contributed by atoms with Crippen LogP contribution in [0.1, 0.15) is 35.7 Å². The summed E-state index contributed by atoms with van der Waals surface area (Å²) in [5, 5.41) is 0. The molecule has 2 aromatic carbocycles. The second-order valence-electron chi connectivity index (χ2n) is 7.01. The van der Waals surface area contributed by atoms with Gasteiger partial charge in [0.25, 0.3) is 0 Å². The molecule has 0 unspecified atom stereocenters. The predicted octanol–water partition coefficient (Wildman–Crippen LogP) is 2.84. The van der Waals surface area contributed by atoms with Crippen molar-refractivity contribution in [3.63, 3.8) is 0 Å². The van der Waals surface area contributed by atoms with Crippen LogP contribution >= 0.6 is 0 Å². The molecule has 0 atom stereocenters. The first kappa shape index (κ1) is 22.0. The molecule has 0 N–H and O–H groups in total. The Morgan fingerprint density at radius 3 is 2.17 bits per heavy atom. The minimum absolute atomic E-state index is 0.153. The van der Waals surface area contributed by atoms with Crippen LogP contribution in [0.25, 0.3) is 0 Å². The lowest BCUT2D eigenvalue weighted by Crippen LogP contribution is -2.27. The molecule has 0 bridgehead atoms. The van der Waals surface area contributed by atoms with Crippen LogP contribution in [0.5, 0.6) is 5.75 Å². The lowest BCUT2D eigenvalue weighted by molar-refractivity contribution is -0.144. The van der Waals surface area contributed by atoms with Crippen molar-refractivity contribution >= 4 is 21.8 Å². The minimum atomic E-state index is -3.53. The molecule has 0 spiro atoms. The first-order valence-corrected chi connectivity index (χ1v) is 11.3. The van der Waals surface area contributed by atoms with E-state index in [2.05, 4.69) is 0 Å². The average Bonchev–Trinajstić information content (AvgIpc) is 3.32. The number of nitrogens with zero attached hydrogens (tertiary/aromatic N) is 1. The van der Waals surface area contributed by atoms with E-state index in [1.807, 2.05) is 19.1 Å². The maximum absolute atomic E-state index is 12.5. The fourth-order valence-electron chi connectivity index (χ4n) is 3.13. The summed E-state index contributed by atoms with van der Waals surface area (Å²) in [6, 6.07) is 13.1.